The standard InChI is InChI=1S/C34H36N2O3/c1-35(29-13-3-2-4-14-29)34(38)19-18-28-11-6-8-17-33(28)39-25-30(37)24-36-22-20-27(21-23-36)32-16-9-12-26-10-5-7-15-31(26)32/h2-19,27,30,37H,20-25H2,1H3/b19-18+. The number of carbonyl (C=O) groups is 1. The number of benzene rings is 4. The number of rotatable bonds is 9. The fraction of sp³-hybridized carbons (Fsp3) is 0.265. The Hall–Kier alpha value is -3.93. The number of para-hydroxylation sites is 2. The maximum absolute atomic E-state index is 12.6. The first-order valence-corrected chi connectivity index (χ1v) is 13.7. The average Bonchev–Trinajstić information content (AvgIpc) is 2.99. The van der Waals surface area contributed by atoms with Crippen molar-refractivity contribution in [2.24, 2.45) is 0 Å². The van der Waals surface area contributed by atoms with Gasteiger partial charge in [0.2, 0.25) is 0 Å². The number of amides is 1. The van der Waals surface area contributed by atoms with Crippen LogP contribution < -0.4 is 9.64 Å². The van der Waals surface area contributed by atoms with Crippen LogP contribution in [0.15, 0.2) is 103 Å². The molecule has 0 saturated carbocycles. The number of anilines is 1. The SMILES string of the molecule is CN(C(=O)/C=C/c1ccccc1OCC(O)CN1CCC(c2cccc3ccccc23)CC1)c1ccccc1. The van der Waals surface area contributed by atoms with Gasteiger partial charge in [-0.1, -0.05) is 78.9 Å². The molecule has 1 aliphatic rings. The number of nitrogens with zero attached hydrogens (tertiary/aromatic N) is 2. The second-order valence-electron chi connectivity index (χ2n) is 10.2. The van der Waals surface area contributed by atoms with Crippen molar-refractivity contribution in [3.63, 3.8) is 0 Å². The van der Waals surface area contributed by atoms with Crippen molar-refractivity contribution in [1.82, 2.24) is 4.90 Å². The molecule has 0 radical (unpaired) electrons. The zero-order valence-corrected chi connectivity index (χ0v) is 22.4. The number of piperidine rings is 1. The lowest BCUT2D eigenvalue weighted by atomic mass is 9.86. The molecule has 5 nitrogen and oxygen atoms in total. The Morgan fingerprint density at radius 3 is 2.46 bits per heavy atom. The molecule has 1 fully saturated rings. The molecule has 0 aliphatic carbocycles. The minimum atomic E-state index is -0.595. The number of hydrogen-bond donors (Lipinski definition) is 1. The highest BCUT2D eigenvalue weighted by Crippen LogP contribution is 2.33. The molecule has 0 aromatic heterocycles. The van der Waals surface area contributed by atoms with Crippen LogP contribution in [0.4, 0.5) is 5.69 Å². The Morgan fingerprint density at radius 1 is 0.949 bits per heavy atom. The maximum Gasteiger partial charge on any atom is 0.250 e. The number of fused-ring (bicyclic) bond motifs is 1. The molecule has 1 atom stereocenters. The van der Waals surface area contributed by atoms with Gasteiger partial charge in [0, 0.05) is 30.9 Å². The normalized spacial score (nSPS) is 15.4. The molecule has 1 saturated heterocycles. The Balaban J connectivity index is 1.12. The molecule has 1 unspecified atom stereocenters. The highest BCUT2D eigenvalue weighted by atomic mass is 16.5. The van der Waals surface area contributed by atoms with Gasteiger partial charge in [0.05, 0.1) is 0 Å². The van der Waals surface area contributed by atoms with E-state index in [2.05, 4.69) is 47.4 Å². The third-order valence-electron chi connectivity index (χ3n) is 7.55. The summed E-state index contributed by atoms with van der Waals surface area (Å²) in [4.78, 5) is 16.6. The molecule has 4 aromatic rings. The minimum absolute atomic E-state index is 0.122. The van der Waals surface area contributed by atoms with Crippen LogP contribution in [0, 0.1) is 0 Å². The highest BCUT2D eigenvalue weighted by Gasteiger charge is 2.23. The van der Waals surface area contributed by atoms with Crippen molar-refractivity contribution in [2.75, 3.05) is 38.2 Å². The molecule has 39 heavy (non-hydrogen) atoms. The number of likely N-dealkylation sites (N-methyl/N-ethyl adjacent to an activating group) is 1. The summed E-state index contributed by atoms with van der Waals surface area (Å²) in [6.07, 6.45) is 4.89. The molecule has 5 heteroatoms. The van der Waals surface area contributed by atoms with Crippen LogP contribution in [-0.4, -0.2) is 55.3 Å². The van der Waals surface area contributed by atoms with E-state index in [1.54, 1.807) is 24.1 Å². The van der Waals surface area contributed by atoms with Crippen molar-refractivity contribution in [1.29, 1.82) is 0 Å². The Morgan fingerprint density at radius 2 is 1.64 bits per heavy atom. The van der Waals surface area contributed by atoms with Crippen LogP contribution in [0.2, 0.25) is 0 Å². The number of carbonyl (C=O) groups excluding carboxylic acids is 1. The third kappa shape index (κ3) is 6.75. The third-order valence-corrected chi connectivity index (χ3v) is 7.55. The van der Waals surface area contributed by atoms with E-state index in [9.17, 15) is 9.90 Å². The van der Waals surface area contributed by atoms with E-state index in [0.29, 0.717) is 18.2 Å². The van der Waals surface area contributed by atoms with Crippen LogP contribution in [0.3, 0.4) is 0 Å². The Labute approximate surface area is 231 Å². The first kappa shape index (κ1) is 26.7. The molecular formula is C34H36N2O3. The summed E-state index contributed by atoms with van der Waals surface area (Å²) in [5.41, 5.74) is 3.08. The van der Waals surface area contributed by atoms with Crippen molar-refractivity contribution < 1.29 is 14.6 Å². The monoisotopic (exact) mass is 520 g/mol. The van der Waals surface area contributed by atoms with E-state index in [4.69, 9.17) is 4.74 Å². The smallest absolute Gasteiger partial charge is 0.250 e. The molecule has 1 N–H and O–H groups in total. The second kappa shape index (κ2) is 12.7. The number of aliphatic hydroxyl groups excluding tert-OH is 1. The summed E-state index contributed by atoms with van der Waals surface area (Å²) in [6, 6.07) is 32.4. The Bertz CT molecular complexity index is 1410. The highest BCUT2D eigenvalue weighted by molar-refractivity contribution is 6.03. The lowest BCUT2D eigenvalue weighted by molar-refractivity contribution is -0.113. The molecule has 1 aliphatic heterocycles. The van der Waals surface area contributed by atoms with Crippen molar-refractivity contribution in [3.8, 4) is 5.75 Å². The molecule has 1 amide bonds. The van der Waals surface area contributed by atoms with Crippen LogP contribution in [0.1, 0.15) is 29.9 Å². The number of β-amino-alcohol motifs (C(OH)–C–C–N with tert-alkyl or cyclic N) is 1. The predicted molar refractivity (Wildman–Crippen MR) is 159 cm³/mol. The number of ether oxygens (including phenoxy) is 1. The number of aliphatic hydroxyl groups is 1. The van der Waals surface area contributed by atoms with E-state index in [0.717, 1.165) is 37.2 Å². The zero-order valence-electron chi connectivity index (χ0n) is 22.4. The number of hydrogen-bond acceptors (Lipinski definition) is 4. The fourth-order valence-corrected chi connectivity index (χ4v) is 5.37. The van der Waals surface area contributed by atoms with Crippen molar-refractivity contribution in [2.45, 2.75) is 24.9 Å². The average molecular weight is 521 g/mol. The summed E-state index contributed by atoms with van der Waals surface area (Å²) in [5, 5.41) is 13.4. The quantitative estimate of drug-likeness (QED) is 0.270. The molecule has 0 bridgehead atoms. The summed E-state index contributed by atoms with van der Waals surface area (Å²) in [7, 11) is 1.76. The van der Waals surface area contributed by atoms with E-state index in [1.165, 1.54) is 16.3 Å². The van der Waals surface area contributed by atoms with Crippen molar-refractivity contribution in [3.05, 3.63) is 114 Å². The van der Waals surface area contributed by atoms with Gasteiger partial charge in [0.1, 0.15) is 18.5 Å². The summed E-state index contributed by atoms with van der Waals surface area (Å²) in [6.45, 7) is 2.70. The Kier molecular flexibility index (Phi) is 8.71. The van der Waals surface area contributed by atoms with Crippen LogP contribution in [0.25, 0.3) is 16.8 Å². The lowest BCUT2D eigenvalue weighted by Gasteiger charge is -2.33. The fourth-order valence-electron chi connectivity index (χ4n) is 5.37. The maximum atomic E-state index is 12.6. The van der Waals surface area contributed by atoms with E-state index >= 15 is 0 Å². The predicted octanol–water partition coefficient (Wildman–Crippen LogP) is 6.14. The van der Waals surface area contributed by atoms with Gasteiger partial charge in [-0.05, 0) is 72.5 Å². The van der Waals surface area contributed by atoms with Gasteiger partial charge in [0.15, 0.2) is 0 Å². The minimum Gasteiger partial charge on any atom is -0.490 e. The first-order chi connectivity index (χ1) is 19.1. The first-order valence-electron chi connectivity index (χ1n) is 13.7. The van der Waals surface area contributed by atoms with Gasteiger partial charge in [-0.15, -0.1) is 0 Å². The molecule has 5 rings (SSSR count). The molecule has 200 valence electrons. The topological polar surface area (TPSA) is 53.0 Å². The lowest BCUT2D eigenvalue weighted by Crippen LogP contribution is -2.40. The largest absolute Gasteiger partial charge is 0.490 e. The second-order valence-corrected chi connectivity index (χ2v) is 10.2. The molecule has 1 heterocycles. The summed E-state index contributed by atoms with van der Waals surface area (Å²) >= 11 is 0. The molecule has 4 aromatic carbocycles. The van der Waals surface area contributed by atoms with Gasteiger partial charge in [-0.3, -0.25) is 4.79 Å². The van der Waals surface area contributed by atoms with Gasteiger partial charge < -0.3 is 19.6 Å². The summed E-state index contributed by atoms with van der Waals surface area (Å²) < 4.78 is 6.00. The molecule has 0 spiro atoms. The van der Waals surface area contributed by atoms with Crippen LogP contribution in [0.5, 0.6) is 5.75 Å². The van der Waals surface area contributed by atoms with E-state index in [1.807, 2.05) is 54.6 Å². The van der Waals surface area contributed by atoms with Gasteiger partial charge in [-0.25, -0.2) is 0 Å². The van der Waals surface area contributed by atoms with Gasteiger partial charge >= 0.3 is 0 Å². The van der Waals surface area contributed by atoms with Crippen LogP contribution >= 0.6 is 0 Å². The summed E-state index contributed by atoms with van der Waals surface area (Å²) in [5.74, 6) is 1.07. The zero-order chi connectivity index (χ0) is 27.0. The molecular weight excluding hydrogens is 484 g/mol. The van der Waals surface area contributed by atoms with Crippen LogP contribution in [-0.2, 0) is 4.79 Å². The number of likely N-dealkylation sites (tertiary alicyclic amines) is 1. The van der Waals surface area contributed by atoms with Crippen molar-refractivity contribution >= 4 is 28.4 Å². The van der Waals surface area contributed by atoms with Gasteiger partial charge in [0.25, 0.3) is 5.91 Å². The van der Waals surface area contributed by atoms with Gasteiger partial charge in [-0.2, -0.15) is 0 Å². The van der Waals surface area contributed by atoms with E-state index < -0.39 is 6.10 Å². The van der Waals surface area contributed by atoms with E-state index in [-0.39, 0.29) is 12.5 Å².